The van der Waals surface area contributed by atoms with E-state index in [4.69, 9.17) is 0 Å². The largest absolute Gasteiger partial charge is 0.395 e. The third-order valence-corrected chi connectivity index (χ3v) is 3.98. The third-order valence-electron chi connectivity index (χ3n) is 3.49. The number of aliphatic hydroxyl groups excluding tert-OH is 1. The minimum absolute atomic E-state index is 0.225. The maximum atomic E-state index is 9.36. The Morgan fingerprint density at radius 3 is 2.82 bits per heavy atom. The minimum atomic E-state index is 0.225. The fourth-order valence-corrected chi connectivity index (χ4v) is 2.81. The van der Waals surface area contributed by atoms with Crippen LogP contribution in [-0.2, 0) is 0 Å². The highest BCUT2D eigenvalue weighted by atomic mass is 79.9. The molecule has 1 unspecified atom stereocenters. The molecule has 0 amide bonds. The minimum Gasteiger partial charge on any atom is -0.395 e. The van der Waals surface area contributed by atoms with Gasteiger partial charge in [0.05, 0.1) is 12.6 Å². The van der Waals surface area contributed by atoms with Gasteiger partial charge in [-0.05, 0) is 37.7 Å². The second-order valence-corrected chi connectivity index (χ2v) is 5.61. The molecule has 0 spiro atoms. The van der Waals surface area contributed by atoms with Crippen LogP contribution in [-0.4, -0.2) is 49.3 Å². The predicted octanol–water partition coefficient (Wildman–Crippen LogP) is 1.87. The highest BCUT2D eigenvalue weighted by Gasteiger charge is 2.24. The van der Waals surface area contributed by atoms with Crippen LogP contribution in [0.15, 0.2) is 22.7 Å². The quantitative estimate of drug-likeness (QED) is 0.903. The SMILES string of the molecule is Cc1cc(Br)ccc1N1CCN(C)C(CO)C1. The molecule has 3 nitrogen and oxygen atoms in total. The molecule has 1 N–H and O–H groups in total. The Kier molecular flexibility index (Phi) is 4.07. The summed E-state index contributed by atoms with van der Waals surface area (Å²) < 4.78 is 1.12. The highest BCUT2D eigenvalue weighted by molar-refractivity contribution is 9.10. The molecule has 1 atom stereocenters. The van der Waals surface area contributed by atoms with E-state index in [9.17, 15) is 5.11 Å². The van der Waals surface area contributed by atoms with Crippen molar-refractivity contribution in [2.24, 2.45) is 0 Å². The van der Waals surface area contributed by atoms with Crippen molar-refractivity contribution in [2.75, 3.05) is 38.2 Å². The van der Waals surface area contributed by atoms with Gasteiger partial charge in [0.2, 0.25) is 0 Å². The summed E-state index contributed by atoms with van der Waals surface area (Å²) in [5.41, 5.74) is 2.56. The van der Waals surface area contributed by atoms with E-state index in [2.05, 4.69) is 57.9 Å². The lowest BCUT2D eigenvalue weighted by molar-refractivity contribution is 0.135. The Labute approximate surface area is 111 Å². The summed E-state index contributed by atoms with van der Waals surface area (Å²) in [6.45, 7) is 5.28. The second kappa shape index (κ2) is 5.38. The van der Waals surface area contributed by atoms with Gasteiger partial charge in [-0.3, -0.25) is 4.90 Å². The predicted molar refractivity (Wildman–Crippen MR) is 74.6 cm³/mol. The number of aryl methyl sites for hydroxylation is 1. The van der Waals surface area contributed by atoms with Crippen LogP contribution in [0.2, 0.25) is 0 Å². The summed E-state index contributed by atoms with van der Waals surface area (Å²) in [6, 6.07) is 6.61. The molecule has 1 aromatic rings. The standard InChI is InChI=1S/C13H19BrN2O/c1-10-7-11(14)3-4-13(10)16-6-5-15(2)12(8-16)9-17/h3-4,7,12,17H,5-6,8-9H2,1-2H3. The average Bonchev–Trinajstić information content (AvgIpc) is 2.30. The summed E-state index contributed by atoms with van der Waals surface area (Å²) in [5.74, 6) is 0. The van der Waals surface area contributed by atoms with Crippen LogP contribution < -0.4 is 4.90 Å². The molecule has 1 heterocycles. The number of rotatable bonds is 2. The third kappa shape index (κ3) is 2.81. The zero-order valence-electron chi connectivity index (χ0n) is 10.4. The lowest BCUT2D eigenvalue weighted by Gasteiger charge is -2.40. The highest BCUT2D eigenvalue weighted by Crippen LogP contribution is 2.25. The molecule has 1 aliphatic heterocycles. The van der Waals surface area contributed by atoms with Gasteiger partial charge in [0.1, 0.15) is 0 Å². The van der Waals surface area contributed by atoms with Crippen molar-refractivity contribution in [1.29, 1.82) is 0 Å². The van der Waals surface area contributed by atoms with Gasteiger partial charge in [0.15, 0.2) is 0 Å². The number of nitrogens with zero attached hydrogens (tertiary/aromatic N) is 2. The summed E-state index contributed by atoms with van der Waals surface area (Å²) in [7, 11) is 2.08. The number of hydrogen-bond donors (Lipinski definition) is 1. The fraction of sp³-hybridized carbons (Fsp3) is 0.538. The summed E-state index contributed by atoms with van der Waals surface area (Å²) in [4.78, 5) is 4.59. The Bertz CT molecular complexity index is 397. The van der Waals surface area contributed by atoms with Crippen LogP contribution in [0.25, 0.3) is 0 Å². The van der Waals surface area contributed by atoms with E-state index in [1.165, 1.54) is 11.3 Å². The van der Waals surface area contributed by atoms with Gasteiger partial charge in [0.25, 0.3) is 0 Å². The molecule has 1 aliphatic rings. The number of hydrogen-bond acceptors (Lipinski definition) is 3. The van der Waals surface area contributed by atoms with Crippen molar-refractivity contribution in [2.45, 2.75) is 13.0 Å². The Hall–Kier alpha value is -0.580. The molecule has 4 heteroatoms. The van der Waals surface area contributed by atoms with Crippen molar-refractivity contribution < 1.29 is 5.11 Å². The van der Waals surface area contributed by atoms with E-state index in [0.29, 0.717) is 0 Å². The van der Waals surface area contributed by atoms with E-state index in [-0.39, 0.29) is 12.6 Å². The lowest BCUT2D eigenvalue weighted by atomic mass is 10.1. The molecule has 94 valence electrons. The van der Waals surface area contributed by atoms with Gasteiger partial charge in [-0.15, -0.1) is 0 Å². The van der Waals surface area contributed by atoms with Gasteiger partial charge >= 0.3 is 0 Å². The zero-order valence-corrected chi connectivity index (χ0v) is 11.9. The van der Waals surface area contributed by atoms with Crippen LogP contribution >= 0.6 is 15.9 Å². The molecule has 17 heavy (non-hydrogen) atoms. The number of piperazine rings is 1. The van der Waals surface area contributed by atoms with Crippen LogP contribution in [0.4, 0.5) is 5.69 Å². The van der Waals surface area contributed by atoms with Crippen LogP contribution in [0.1, 0.15) is 5.56 Å². The maximum absolute atomic E-state index is 9.36. The topological polar surface area (TPSA) is 26.7 Å². The summed E-state index contributed by atoms with van der Waals surface area (Å²) >= 11 is 3.49. The van der Waals surface area contributed by atoms with Crippen molar-refractivity contribution in [3.63, 3.8) is 0 Å². The fourth-order valence-electron chi connectivity index (χ4n) is 2.34. The monoisotopic (exact) mass is 298 g/mol. The second-order valence-electron chi connectivity index (χ2n) is 4.69. The molecule has 0 aliphatic carbocycles. The van der Waals surface area contributed by atoms with E-state index >= 15 is 0 Å². The lowest BCUT2D eigenvalue weighted by Crippen LogP contribution is -2.53. The number of halogens is 1. The molecule has 1 fully saturated rings. The van der Waals surface area contributed by atoms with Crippen LogP contribution in [0, 0.1) is 6.92 Å². The molecule has 0 radical (unpaired) electrons. The van der Waals surface area contributed by atoms with Crippen molar-refractivity contribution in [1.82, 2.24) is 4.90 Å². The summed E-state index contributed by atoms with van der Waals surface area (Å²) in [5, 5.41) is 9.36. The first-order valence-electron chi connectivity index (χ1n) is 5.94. The van der Waals surface area contributed by atoms with Crippen molar-refractivity contribution >= 4 is 21.6 Å². The van der Waals surface area contributed by atoms with Crippen molar-refractivity contribution in [3.05, 3.63) is 28.2 Å². The molecular formula is C13H19BrN2O. The number of aliphatic hydroxyl groups is 1. The van der Waals surface area contributed by atoms with E-state index in [1.54, 1.807) is 0 Å². The van der Waals surface area contributed by atoms with E-state index < -0.39 is 0 Å². The smallest absolute Gasteiger partial charge is 0.0604 e. The molecular weight excluding hydrogens is 280 g/mol. The Morgan fingerprint density at radius 1 is 1.41 bits per heavy atom. The first kappa shape index (κ1) is 12.9. The molecule has 1 aromatic carbocycles. The molecule has 0 aromatic heterocycles. The van der Waals surface area contributed by atoms with Crippen LogP contribution in [0.3, 0.4) is 0 Å². The normalized spacial score (nSPS) is 21.9. The van der Waals surface area contributed by atoms with Crippen molar-refractivity contribution in [3.8, 4) is 0 Å². The first-order chi connectivity index (χ1) is 8.11. The average molecular weight is 299 g/mol. The Morgan fingerprint density at radius 2 is 2.18 bits per heavy atom. The van der Waals surface area contributed by atoms with Crippen LogP contribution in [0.5, 0.6) is 0 Å². The van der Waals surface area contributed by atoms with Gasteiger partial charge < -0.3 is 10.0 Å². The maximum Gasteiger partial charge on any atom is 0.0604 e. The van der Waals surface area contributed by atoms with Gasteiger partial charge in [-0.2, -0.15) is 0 Å². The molecule has 0 bridgehead atoms. The van der Waals surface area contributed by atoms with Gasteiger partial charge in [-0.1, -0.05) is 15.9 Å². The Balaban J connectivity index is 2.17. The van der Waals surface area contributed by atoms with Gasteiger partial charge in [-0.25, -0.2) is 0 Å². The van der Waals surface area contributed by atoms with E-state index in [1.807, 2.05) is 0 Å². The summed E-state index contributed by atoms with van der Waals surface area (Å²) in [6.07, 6.45) is 0. The molecule has 2 rings (SSSR count). The van der Waals surface area contributed by atoms with Gasteiger partial charge in [0, 0.05) is 29.8 Å². The zero-order chi connectivity index (χ0) is 12.4. The van der Waals surface area contributed by atoms with E-state index in [0.717, 1.165) is 24.1 Å². The molecule has 1 saturated heterocycles. The molecule has 0 saturated carbocycles. The first-order valence-corrected chi connectivity index (χ1v) is 6.73. The number of benzene rings is 1. The number of likely N-dealkylation sites (N-methyl/N-ethyl adjacent to an activating group) is 1. The number of anilines is 1.